The summed E-state index contributed by atoms with van der Waals surface area (Å²) in [6, 6.07) is 9.68. The Balaban J connectivity index is 1.53. The SMILES string of the molecule is COc1cc(C(=O)OCC(=O)N2CCCC2)ccc1OCC(=O)Nc1ccc(F)cc1. The first-order valence-electron chi connectivity index (χ1n) is 9.77. The van der Waals surface area contributed by atoms with E-state index in [1.165, 1.54) is 49.6 Å². The zero-order chi connectivity index (χ0) is 22.2. The van der Waals surface area contributed by atoms with Gasteiger partial charge in [-0.2, -0.15) is 0 Å². The molecule has 1 aliphatic rings. The number of amides is 2. The number of halogens is 1. The van der Waals surface area contributed by atoms with Crippen molar-refractivity contribution in [2.24, 2.45) is 0 Å². The summed E-state index contributed by atoms with van der Waals surface area (Å²) in [6.45, 7) is 0.737. The predicted molar refractivity (Wildman–Crippen MR) is 110 cm³/mol. The fraction of sp³-hybridized carbons (Fsp3) is 0.318. The van der Waals surface area contributed by atoms with Crippen LogP contribution in [0.25, 0.3) is 0 Å². The first-order valence-corrected chi connectivity index (χ1v) is 9.77. The Morgan fingerprint density at radius 2 is 1.71 bits per heavy atom. The summed E-state index contributed by atoms with van der Waals surface area (Å²) >= 11 is 0. The highest BCUT2D eigenvalue weighted by Crippen LogP contribution is 2.28. The lowest BCUT2D eigenvalue weighted by molar-refractivity contribution is -0.133. The zero-order valence-electron chi connectivity index (χ0n) is 17.1. The van der Waals surface area contributed by atoms with Crippen LogP contribution < -0.4 is 14.8 Å². The fourth-order valence-electron chi connectivity index (χ4n) is 3.06. The van der Waals surface area contributed by atoms with Crippen LogP contribution in [-0.2, 0) is 14.3 Å². The van der Waals surface area contributed by atoms with E-state index in [1.807, 2.05) is 0 Å². The number of nitrogens with zero attached hydrogens (tertiary/aromatic N) is 1. The molecule has 2 amide bonds. The molecule has 2 aromatic carbocycles. The summed E-state index contributed by atoms with van der Waals surface area (Å²) in [6.07, 6.45) is 1.92. The highest BCUT2D eigenvalue weighted by Gasteiger charge is 2.20. The van der Waals surface area contributed by atoms with Crippen LogP contribution in [0.5, 0.6) is 11.5 Å². The van der Waals surface area contributed by atoms with Crippen LogP contribution in [0.15, 0.2) is 42.5 Å². The Bertz CT molecular complexity index is 942. The maximum Gasteiger partial charge on any atom is 0.338 e. The van der Waals surface area contributed by atoms with E-state index in [4.69, 9.17) is 14.2 Å². The molecule has 1 fully saturated rings. The molecule has 31 heavy (non-hydrogen) atoms. The fourth-order valence-corrected chi connectivity index (χ4v) is 3.06. The average Bonchev–Trinajstić information content (AvgIpc) is 3.32. The largest absolute Gasteiger partial charge is 0.493 e. The van der Waals surface area contributed by atoms with Gasteiger partial charge in [-0.25, -0.2) is 9.18 Å². The zero-order valence-corrected chi connectivity index (χ0v) is 17.1. The second-order valence-corrected chi connectivity index (χ2v) is 6.87. The summed E-state index contributed by atoms with van der Waals surface area (Å²) in [7, 11) is 1.40. The van der Waals surface area contributed by atoms with E-state index in [0.717, 1.165) is 12.8 Å². The number of esters is 1. The molecular formula is C22H23FN2O6. The minimum absolute atomic E-state index is 0.189. The predicted octanol–water partition coefficient (Wildman–Crippen LogP) is 2.63. The molecule has 9 heteroatoms. The van der Waals surface area contributed by atoms with Gasteiger partial charge < -0.3 is 24.4 Å². The van der Waals surface area contributed by atoms with E-state index in [1.54, 1.807) is 4.90 Å². The second-order valence-electron chi connectivity index (χ2n) is 6.87. The highest BCUT2D eigenvalue weighted by molar-refractivity contribution is 5.93. The summed E-state index contributed by atoms with van der Waals surface area (Å²) < 4.78 is 28.7. The van der Waals surface area contributed by atoms with Crippen molar-refractivity contribution in [1.29, 1.82) is 0 Å². The second kappa shape index (κ2) is 10.4. The van der Waals surface area contributed by atoms with Gasteiger partial charge in [0.15, 0.2) is 24.7 Å². The number of benzene rings is 2. The molecule has 0 unspecified atom stereocenters. The molecule has 0 spiro atoms. The summed E-state index contributed by atoms with van der Waals surface area (Å²) in [5, 5.41) is 2.58. The first kappa shape index (κ1) is 22.1. The molecule has 0 bridgehead atoms. The van der Waals surface area contributed by atoms with Crippen molar-refractivity contribution in [2.45, 2.75) is 12.8 Å². The Kier molecular flexibility index (Phi) is 7.42. The normalized spacial score (nSPS) is 12.9. The molecular weight excluding hydrogens is 407 g/mol. The van der Waals surface area contributed by atoms with Gasteiger partial charge in [-0.05, 0) is 55.3 Å². The minimum atomic E-state index is -0.661. The van der Waals surface area contributed by atoms with E-state index in [0.29, 0.717) is 18.8 Å². The molecule has 0 saturated carbocycles. The van der Waals surface area contributed by atoms with Crippen LogP contribution >= 0.6 is 0 Å². The van der Waals surface area contributed by atoms with Gasteiger partial charge in [0, 0.05) is 18.8 Å². The van der Waals surface area contributed by atoms with Crippen LogP contribution in [0.2, 0.25) is 0 Å². The van der Waals surface area contributed by atoms with Crippen LogP contribution in [0.4, 0.5) is 10.1 Å². The maximum atomic E-state index is 12.9. The molecule has 1 heterocycles. The Morgan fingerprint density at radius 1 is 1.00 bits per heavy atom. The number of anilines is 1. The van der Waals surface area contributed by atoms with E-state index in [9.17, 15) is 18.8 Å². The van der Waals surface area contributed by atoms with E-state index in [2.05, 4.69) is 5.32 Å². The van der Waals surface area contributed by atoms with Gasteiger partial charge in [-0.3, -0.25) is 9.59 Å². The monoisotopic (exact) mass is 430 g/mol. The van der Waals surface area contributed by atoms with Crippen molar-refractivity contribution < 1.29 is 33.0 Å². The number of hydrogen-bond acceptors (Lipinski definition) is 6. The summed E-state index contributed by atoms with van der Waals surface area (Å²) in [5.74, 6) is -1.25. The van der Waals surface area contributed by atoms with Gasteiger partial charge in [0.1, 0.15) is 5.82 Å². The van der Waals surface area contributed by atoms with E-state index in [-0.39, 0.29) is 36.2 Å². The number of likely N-dealkylation sites (tertiary alicyclic amines) is 1. The molecule has 8 nitrogen and oxygen atoms in total. The van der Waals surface area contributed by atoms with Gasteiger partial charge in [0.05, 0.1) is 12.7 Å². The summed E-state index contributed by atoms with van der Waals surface area (Å²) in [5.41, 5.74) is 0.623. The lowest BCUT2D eigenvalue weighted by Gasteiger charge is -2.15. The minimum Gasteiger partial charge on any atom is -0.493 e. The van der Waals surface area contributed by atoms with Crippen LogP contribution in [-0.4, -0.2) is 56.1 Å². The van der Waals surface area contributed by atoms with Crippen LogP contribution in [0, 0.1) is 5.82 Å². The van der Waals surface area contributed by atoms with E-state index >= 15 is 0 Å². The summed E-state index contributed by atoms with van der Waals surface area (Å²) in [4.78, 5) is 38.0. The number of rotatable bonds is 8. The number of carbonyl (C=O) groups is 3. The lowest BCUT2D eigenvalue weighted by atomic mass is 10.2. The van der Waals surface area contributed by atoms with Gasteiger partial charge in [0.25, 0.3) is 11.8 Å². The Labute approximate surface area is 178 Å². The Morgan fingerprint density at radius 3 is 2.39 bits per heavy atom. The number of methoxy groups -OCH3 is 1. The molecule has 1 aliphatic heterocycles. The smallest absolute Gasteiger partial charge is 0.338 e. The van der Waals surface area contributed by atoms with Crippen molar-refractivity contribution in [3.05, 3.63) is 53.8 Å². The molecule has 0 atom stereocenters. The van der Waals surface area contributed by atoms with Gasteiger partial charge in [0.2, 0.25) is 0 Å². The number of carbonyl (C=O) groups excluding carboxylic acids is 3. The van der Waals surface area contributed by atoms with Crippen LogP contribution in [0.3, 0.4) is 0 Å². The molecule has 0 aromatic heterocycles. The van der Waals surface area contributed by atoms with Crippen LogP contribution in [0.1, 0.15) is 23.2 Å². The number of hydrogen-bond donors (Lipinski definition) is 1. The van der Waals surface area contributed by atoms with Crippen molar-refractivity contribution in [3.8, 4) is 11.5 Å². The molecule has 0 radical (unpaired) electrons. The molecule has 2 aromatic rings. The van der Waals surface area contributed by atoms with Crippen molar-refractivity contribution >= 4 is 23.5 Å². The van der Waals surface area contributed by atoms with Gasteiger partial charge in [-0.1, -0.05) is 0 Å². The maximum absolute atomic E-state index is 12.9. The van der Waals surface area contributed by atoms with Gasteiger partial charge >= 0.3 is 5.97 Å². The molecule has 0 aliphatic carbocycles. The van der Waals surface area contributed by atoms with Crippen molar-refractivity contribution in [2.75, 3.05) is 38.7 Å². The molecule has 3 rings (SSSR count). The molecule has 1 saturated heterocycles. The topological polar surface area (TPSA) is 94.2 Å². The lowest BCUT2D eigenvalue weighted by Crippen LogP contribution is -2.32. The van der Waals surface area contributed by atoms with E-state index < -0.39 is 17.7 Å². The molecule has 164 valence electrons. The molecule has 1 N–H and O–H groups in total. The third-order valence-electron chi connectivity index (χ3n) is 4.67. The first-order chi connectivity index (χ1) is 15.0. The van der Waals surface area contributed by atoms with Crippen molar-refractivity contribution in [1.82, 2.24) is 4.90 Å². The number of nitrogens with one attached hydrogen (secondary N) is 1. The average molecular weight is 430 g/mol. The quantitative estimate of drug-likeness (QED) is 0.647. The highest BCUT2D eigenvalue weighted by atomic mass is 19.1. The van der Waals surface area contributed by atoms with Gasteiger partial charge in [-0.15, -0.1) is 0 Å². The van der Waals surface area contributed by atoms with Crippen molar-refractivity contribution in [3.63, 3.8) is 0 Å². The standard InChI is InChI=1S/C22H23FN2O6/c1-29-19-12-15(22(28)31-14-21(27)25-10-2-3-11-25)4-9-18(19)30-13-20(26)24-17-7-5-16(23)6-8-17/h4-9,12H,2-3,10-11,13-14H2,1H3,(H,24,26). The number of ether oxygens (including phenoxy) is 3. The third-order valence-corrected chi connectivity index (χ3v) is 4.67. The third kappa shape index (κ3) is 6.18. The Hall–Kier alpha value is -3.62.